The third-order valence-corrected chi connectivity index (χ3v) is 3.17. The van der Waals surface area contributed by atoms with E-state index in [-0.39, 0.29) is 17.1 Å². The Labute approximate surface area is 123 Å². The highest BCUT2D eigenvalue weighted by atomic mass is 19.4. The van der Waals surface area contributed by atoms with Gasteiger partial charge in [0.05, 0.1) is 12.5 Å². The number of hydrogen-bond acceptors (Lipinski definition) is 4. The van der Waals surface area contributed by atoms with Gasteiger partial charge in [0.2, 0.25) is 5.69 Å². The highest BCUT2D eigenvalue weighted by Gasteiger charge is 2.27. The molecule has 1 unspecified atom stereocenters. The maximum atomic E-state index is 12.3. The molecule has 2 rings (SSSR count). The summed E-state index contributed by atoms with van der Waals surface area (Å²) in [6.45, 7) is 1.69. The summed E-state index contributed by atoms with van der Waals surface area (Å²) in [4.78, 5) is 10.9. The molecule has 1 heterocycles. The van der Waals surface area contributed by atoms with Crippen molar-refractivity contribution in [2.24, 2.45) is 0 Å². The predicted molar refractivity (Wildman–Crippen MR) is 71.4 cm³/mol. The van der Waals surface area contributed by atoms with Crippen molar-refractivity contribution < 1.29 is 23.1 Å². The van der Waals surface area contributed by atoms with Crippen LogP contribution in [0.4, 0.5) is 19.0 Å². The zero-order valence-electron chi connectivity index (χ0n) is 11.5. The number of rotatable bonds is 4. The molecular formula is C13H13F3N4O2. The molecule has 3 N–H and O–H groups in total. The van der Waals surface area contributed by atoms with E-state index < -0.39 is 24.6 Å². The number of nitrogen functional groups attached to an aromatic ring is 1. The standard InChI is InChI=1S/C13H13F3N4O2/c1-7(20-11(17)10(12(21)22)18-19-20)9-4-2-8(3-5-9)6-13(14,15)16/h2-5,7H,6,17H2,1H3,(H,21,22). The van der Waals surface area contributed by atoms with Crippen molar-refractivity contribution in [3.8, 4) is 0 Å². The fourth-order valence-corrected chi connectivity index (χ4v) is 2.03. The van der Waals surface area contributed by atoms with Crippen LogP contribution in [0.5, 0.6) is 0 Å². The van der Waals surface area contributed by atoms with Crippen LogP contribution in [-0.4, -0.2) is 32.2 Å². The Morgan fingerprint density at radius 3 is 2.41 bits per heavy atom. The van der Waals surface area contributed by atoms with E-state index in [1.54, 1.807) is 6.92 Å². The molecule has 0 aliphatic rings. The number of benzene rings is 1. The van der Waals surface area contributed by atoms with Crippen LogP contribution in [-0.2, 0) is 6.42 Å². The maximum absolute atomic E-state index is 12.3. The molecule has 22 heavy (non-hydrogen) atoms. The van der Waals surface area contributed by atoms with E-state index in [2.05, 4.69) is 10.3 Å². The summed E-state index contributed by atoms with van der Waals surface area (Å²) in [5.41, 5.74) is 6.08. The minimum atomic E-state index is -4.26. The largest absolute Gasteiger partial charge is 0.476 e. The van der Waals surface area contributed by atoms with Crippen LogP contribution in [0, 0.1) is 0 Å². The molecule has 0 spiro atoms. The minimum Gasteiger partial charge on any atom is -0.476 e. The number of carboxylic acid groups (broad SMARTS) is 1. The third-order valence-electron chi connectivity index (χ3n) is 3.17. The van der Waals surface area contributed by atoms with Gasteiger partial charge in [-0.05, 0) is 18.1 Å². The smallest absolute Gasteiger partial charge is 0.393 e. The molecule has 2 aromatic rings. The number of hydrogen-bond donors (Lipinski definition) is 2. The van der Waals surface area contributed by atoms with E-state index in [0.29, 0.717) is 5.56 Å². The number of aromatic carboxylic acids is 1. The van der Waals surface area contributed by atoms with Crippen LogP contribution in [0.25, 0.3) is 0 Å². The van der Waals surface area contributed by atoms with Gasteiger partial charge >= 0.3 is 12.1 Å². The van der Waals surface area contributed by atoms with Crippen molar-refractivity contribution in [1.29, 1.82) is 0 Å². The lowest BCUT2D eigenvalue weighted by atomic mass is 10.0. The fraction of sp³-hybridized carbons (Fsp3) is 0.308. The highest BCUT2D eigenvalue weighted by Crippen LogP contribution is 2.25. The Hall–Kier alpha value is -2.58. The van der Waals surface area contributed by atoms with Gasteiger partial charge in [-0.2, -0.15) is 13.2 Å². The molecule has 9 heteroatoms. The second kappa shape index (κ2) is 5.66. The number of alkyl halides is 3. The minimum absolute atomic E-state index is 0.112. The SMILES string of the molecule is CC(c1ccc(CC(F)(F)F)cc1)n1nnc(C(=O)O)c1N. The first-order chi connectivity index (χ1) is 10.2. The molecule has 0 saturated carbocycles. The molecule has 6 nitrogen and oxygen atoms in total. The van der Waals surface area contributed by atoms with Crippen molar-refractivity contribution in [3.63, 3.8) is 0 Å². The number of nitrogens with zero attached hydrogens (tertiary/aromatic N) is 3. The summed E-state index contributed by atoms with van der Waals surface area (Å²) in [6.07, 6.45) is -5.27. The topological polar surface area (TPSA) is 94.0 Å². The molecule has 0 aliphatic carbocycles. The Balaban J connectivity index is 2.23. The van der Waals surface area contributed by atoms with Crippen LogP contribution in [0.1, 0.15) is 34.6 Å². The zero-order valence-corrected chi connectivity index (χ0v) is 11.5. The lowest BCUT2D eigenvalue weighted by Crippen LogP contribution is -2.14. The Morgan fingerprint density at radius 1 is 1.36 bits per heavy atom. The molecule has 0 amide bonds. The van der Waals surface area contributed by atoms with Gasteiger partial charge in [0.25, 0.3) is 0 Å². The zero-order chi connectivity index (χ0) is 16.5. The van der Waals surface area contributed by atoms with Gasteiger partial charge in [-0.1, -0.05) is 29.5 Å². The molecule has 0 aliphatic heterocycles. The van der Waals surface area contributed by atoms with Gasteiger partial charge in [0, 0.05) is 0 Å². The second-order valence-electron chi connectivity index (χ2n) is 4.78. The average molecular weight is 314 g/mol. The van der Waals surface area contributed by atoms with E-state index in [9.17, 15) is 18.0 Å². The summed E-state index contributed by atoms with van der Waals surface area (Å²) in [5, 5.41) is 16.0. The van der Waals surface area contributed by atoms with Crippen molar-refractivity contribution >= 4 is 11.8 Å². The van der Waals surface area contributed by atoms with Crippen molar-refractivity contribution in [3.05, 3.63) is 41.1 Å². The van der Waals surface area contributed by atoms with Gasteiger partial charge in [-0.25, -0.2) is 9.48 Å². The molecule has 0 saturated heterocycles. The third kappa shape index (κ3) is 3.35. The normalized spacial score (nSPS) is 13.1. The first-order valence-corrected chi connectivity index (χ1v) is 6.28. The van der Waals surface area contributed by atoms with Crippen molar-refractivity contribution in [1.82, 2.24) is 15.0 Å². The van der Waals surface area contributed by atoms with E-state index in [1.807, 2.05) is 0 Å². The number of carboxylic acids is 1. The monoisotopic (exact) mass is 314 g/mol. The van der Waals surface area contributed by atoms with Crippen molar-refractivity contribution in [2.75, 3.05) is 5.73 Å². The van der Waals surface area contributed by atoms with E-state index in [1.165, 1.54) is 28.9 Å². The van der Waals surface area contributed by atoms with Crippen LogP contribution >= 0.6 is 0 Å². The molecule has 0 radical (unpaired) electrons. The summed E-state index contributed by atoms with van der Waals surface area (Å²) in [6, 6.07) is 5.32. The number of carbonyl (C=O) groups is 1. The summed E-state index contributed by atoms with van der Waals surface area (Å²) >= 11 is 0. The maximum Gasteiger partial charge on any atom is 0.393 e. The van der Waals surface area contributed by atoms with Gasteiger partial charge < -0.3 is 10.8 Å². The van der Waals surface area contributed by atoms with Crippen molar-refractivity contribution in [2.45, 2.75) is 25.6 Å². The average Bonchev–Trinajstić information content (AvgIpc) is 2.79. The van der Waals surface area contributed by atoms with Gasteiger partial charge in [0.15, 0.2) is 5.82 Å². The van der Waals surface area contributed by atoms with E-state index in [0.717, 1.165) is 0 Å². The van der Waals surface area contributed by atoms with E-state index >= 15 is 0 Å². The first kappa shape index (κ1) is 15.8. The van der Waals surface area contributed by atoms with Crippen LogP contribution in [0.3, 0.4) is 0 Å². The molecule has 118 valence electrons. The Morgan fingerprint density at radius 2 is 1.95 bits per heavy atom. The Kier molecular flexibility index (Phi) is 4.07. The molecule has 0 bridgehead atoms. The second-order valence-corrected chi connectivity index (χ2v) is 4.78. The molecule has 1 aromatic carbocycles. The Bertz CT molecular complexity index is 680. The number of halogens is 3. The van der Waals surface area contributed by atoms with Crippen LogP contribution in [0.2, 0.25) is 0 Å². The lowest BCUT2D eigenvalue weighted by Gasteiger charge is -2.14. The molecule has 0 fully saturated rings. The summed E-state index contributed by atoms with van der Waals surface area (Å²) in [7, 11) is 0. The van der Waals surface area contributed by atoms with E-state index in [4.69, 9.17) is 10.8 Å². The molecule has 1 atom stereocenters. The fourth-order valence-electron chi connectivity index (χ4n) is 2.03. The predicted octanol–water partition coefficient (Wildman–Crippen LogP) is 2.27. The highest BCUT2D eigenvalue weighted by molar-refractivity contribution is 5.90. The number of nitrogens with two attached hydrogens (primary N) is 1. The molecular weight excluding hydrogens is 301 g/mol. The van der Waals surface area contributed by atoms with Crippen LogP contribution < -0.4 is 5.73 Å². The summed E-state index contributed by atoms with van der Waals surface area (Å²) < 4.78 is 38.1. The number of anilines is 1. The lowest BCUT2D eigenvalue weighted by molar-refractivity contribution is -0.127. The summed E-state index contributed by atoms with van der Waals surface area (Å²) in [5.74, 6) is -1.41. The molecule has 1 aromatic heterocycles. The first-order valence-electron chi connectivity index (χ1n) is 6.28. The van der Waals surface area contributed by atoms with Crippen LogP contribution in [0.15, 0.2) is 24.3 Å². The number of aromatic nitrogens is 3. The van der Waals surface area contributed by atoms with Gasteiger partial charge in [0.1, 0.15) is 0 Å². The van der Waals surface area contributed by atoms with Gasteiger partial charge in [-0.15, -0.1) is 5.10 Å². The van der Waals surface area contributed by atoms with Gasteiger partial charge in [-0.3, -0.25) is 0 Å². The quantitative estimate of drug-likeness (QED) is 0.903.